The second kappa shape index (κ2) is 10.6. The van der Waals surface area contributed by atoms with E-state index in [9.17, 15) is 24.0 Å². The van der Waals surface area contributed by atoms with Crippen LogP contribution in [0.15, 0.2) is 18.2 Å². The minimum absolute atomic E-state index is 0.0334. The highest BCUT2D eigenvalue weighted by Crippen LogP contribution is 2.23. The van der Waals surface area contributed by atoms with Crippen molar-refractivity contribution in [3.63, 3.8) is 0 Å². The topological polar surface area (TPSA) is 143 Å². The molecule has 0 aliphatic carbocycles. The number of ketones is 1. The van der Waals surface area contributed by atoms with Crippen LogP contribution in [0.25, 0.3) is 0 Å². The molecule has 0 bridgehead atoms. The van der Waals surface area contributed by atoms with Crippen LogP contribution in [0.5, 0.6) is 0 Å². The molecule has 1 aromatic carbocycles. The number of anilines is 1. The van der Waals surface area contributed by atoms with Crippen LogP contribution in [0.1, 0.15) is 23.2 Å². The Morgan fingerprint density at radius 3 is 2.53 bits per heavy atom. The summed E-state index contributed by atoms with van der Waals surface area (Å²) in [5.74, 6) is -3.30. The zero-order valence-electron chi connectivity index (χ0n) is 18.3. The summed E-state index contributed by atoms with van der Waals surface area (Å²) in [5.41, 5.74) is 0.0693. The molecule has 1 heterocycles. The SMILES string of the molecule is BC(B)(B)OC(=O)Nc1ccc(Cl)cc1C(=O)N[C@@H](C[C@@H]1CCNC1=O)C(=O)C(=O)NC. The number of ether oxygens (including phenoxy) is 1. The summed E-state index contributed by atoms with van der Waals surface area (Å²) in [6.07, 6.45) is -0.344. The third-order valence-electron chi connectivity index (χ3n) is 4.62. The molecule has 10 nitrogen and oxygen atoms in total. The van der Waals surface area contributed by atoms with E-state index in [1.54, 1.807) is 23.5 Å². The molecular formula is C18H24B3ClN4O6. The first kappa shape index (κ1) is 25.3. The van der Waals surface area contributed by atoms with Gasteiger partial charge < -0.3 is 20.7 Å². The third kappa shape index (κ3) is 7.05. The smallest absolute Gasteiger partial charge is 0.409 e. The average molecular weight is 460 g/mol. The average Bonchev–Trinajstić information content (AvgIpc) is 3.10. The lowest BCUT2D eigenvalue weighted by Crippen LogP contribution is -2.48. The van der Waals surface area contributed by atoms with Gasteiger partial charge in [-0.05, 0) is 31.0 Å². The summed E-state index contributed by atoms with van der Waals surface area (Å²) in [6.45, 7) is 0.455. The molecule has 2 atom stereocenters. The highest BCUT2D eigenvalue weighted by atomic mass is 35.5. The van der Waals surface area contributed by atoms with Crippen LogP contribution < -0.4 is 21.3 Å². The van der Waals surface area contributed by atoms with Gasteiger partial charge in [-0.15, -0.1) is 0 Å². The number of amides is 4. The molecule has 0 spiro atoms. The number of benzene rings is 1. The number of hydrogen-bond acceptors (Lipinski definition) is 6. The first-order chi connectivity index (χ1) is 14.9. The lowest BCUT2D eigenvalue weighted by Gasteiger charge is -2.22. The molecule has 4 N–H and O–H groups in total. The Labute approximate surface area is 193 Å². The van der Waals surface area contributed by atoms with Gasteiger partial charge in [-0.1, -0.05) is 11.6 Å². The standard InChI is InChI=1S/C18H24B3ClN4O6/c1-23-16(30)13(27)12(6-8-4-5-24-14(8)28)25-15(29)10-7-9(22)2-3-11(10)26-17(31)32-18(19,20)21/h2-3,7-8,12H,4-6,19-21H2,1H3,(H,23,30)(H,24,28)(H,25,29)(H,26,31)/t8-,12-/m0/s1. The second-order valence-corrected chi connectivity index (χ2v) is 8.73. The van der Waals surface area contributed by atoms with E-state index in [4.69, 9.17) is 16.3 Å². The molecule has 1 aliphatic rings. The number of nitrogens with one attached hydrogen (secondary N) is 4. The minimum atomic E-state index is -1.25. The molecule has 14 heteroatoms. The molecule has 1 aliphatic heterocycles. The van der Waals surface area contributed by atoms with Gasteiger partial charge in [0.05, 0.1) is 17.3 Å². The van der Waals surface area contributed by atoms with Crippen molar-refractivity contribution in [2.45, 2.75) is 24.2 Å². The first-order valence-electron chi connectivity index (χ1n) is 10.1. The molecular weight excluding hydrogens is 436 g/mol. The maximum absolute atomic E-state index is 13.0. The van der Waals surface area contributed by atoms with Crippen LogP contribution in [0.3, 0.4) is 0 Å². The summed E-state index contributed by atoms with van der Waals surface area (Å²) in [7, 11) is 6.36. The quantitative estimate of drug-likeness (QED) is 0.246. The van der Waals surface area contributed by atoms with Gasteiger partial charge in [-0.25, -0.2) is 4.79 Å². The predicted molar refractivity (Wildman–Crippen MR) is 126 cm³/mol. The molecule has 168 valence electrons. The van der Waals surface area contributed by atoms with Crippen molar-refractivity contribution in [2.24, 2.45) is 5.92 Å². The van der Waals surface area contributed by atoms with Crippen LogP contribution in [-0.4, -0.2) is 78.1 Å². The first-order valence-corrected chi connectivity index (χ1v) is 10.4. The Morgan fingerprint density at radius 2 is 1.97 bits per heavy atom. The normalized spacial score (nSPS) is 16.4. The molecule has 0 radical (unpaired) electrons. The number of carbonyl (C=O) groups excluding carboxylic acids is 5. The molecule has 2 rings (SSSR count). The summed E-state index contributed by atoms with van der Waals surface area (Å²) < 4.78 is 5.21. The number of rotatable bonds is 8. The van der Waals surface area contributed by atoms with Gasteiger partial charge in [0.2, 0.25) is 11.7 Å². The predicted octanol–water partition coefficient (Wildman–Crippen LogP) is -2.66. The van der Waals surface area contributed by atoms with E-state index >= 15 is 0 Å². The Morgan fingerprint density at radius 1 is 1.28 bits per heavy atom. The summed E-state index contributed by atoms with van der Waals surface area (Å²) in [6, 6.07) is 2.96. The maximum Gasteiger partial charge on any atom is 0.409 e. The summed E-state index contributed by atoms with van der Waals surface area (Å²) in [4.78, 5) is 61.6. The van der Waals surface area contributed by atoms with Crippen molar-refractivity contribution in [2.75, 3.05) is 18.9 Å². The van der Waals surface area contributed by atoms with Crippen molar-refractivity contribution < 1.29 is 28.7 Å². The highest BCUT2D eigenvalue weighted by Gasteiger charge is 2.34. The van der Waals surface area contributed by atoms with E-state index in [1.807, 2.05) is 0 Å². The van der Waals surface area contributed by atoms with Crippen LogP contribution in [0.2, 0.25) is 5.02 Å². The molecule has 1 fully saturated rings. The molecule has 1 aromatic rings. The minimum Gasteiger partial charge on any atom is -0.470 e. The van der Waals surface area contributed by atoms with Gasteiger partial charge in [-0.2, -0.15) is 0 Å². The van der Waals surface area contributed by atoms with Gasteiger partial charge in [0.1, 0.15) is 23.5 Å². The number of hydrogen-bond donors (Lipinski definition) is 4. The van der Waals surface area contributed by atoms with Crippen molar-refractivity contribution >= 4 is 70.4 Å². The van der Waals surface area contributed by atoms with Crippen molar-refractivity contribution in [3.8, 4) is 0 Å². The maximum atomic E-state index is 13.0. The van der Waals surface area contributed by atoms with Gasteiger partial charge in [0.25, 0.3) is 11.8 Å². The molecule has 0 saturated carbocycles. The fraction of sp³-hybridized carbons (Fsp3) is 0.389. The van der Waals surface area contributed by atoms with E-state index in [0.717, 1.165) is 0 Å². The van der Waals surface area contributed by atoms with Gasteiger partial charge >= 0.3 is 6.09 Å². The van der Waals surface area contributed by atoms with Crippen molar-refractivity contribution in [1.29, 1.82) is 0 Å². The van der Waals surface area contributed by atoms with Gasteiger partial charge in [-0.3, -0.25) is 24.5 Å². The van der Waals surface area contributed by atoms with E-state index in [0.29, 0.717) is 13.0 Å². The van der Waals surface area contributed by atoms with E-state index in [2.05, 4.69) is 21.3 Å². The van der Waals surface area contributed by atoms with E-state index in [-0.39, 0.29) is 28.6 Å². The molecule has 4 amide bonds. The van der Waals surface area contributed by atoms with Crippen LogP contribution in [0.4, 0.5) is 10.5 Å². The van der Waals surface area contributed by atoms with Gasteiger partial charge in [0, 0.05) is 29.8 Å². The lowest BCUT2D eigenvalue weighted by atomic mass is 9.52. The number of likely N-dealkylation sites (N-methyl/N-ethyl adjacent to an activating group) is 1. The van der Waals surface area contributed by atoms with Crippen LogP contribution >= 0.6 is 11.6 Å². The zero-order chi connectivity index (χ0) is 24.1. The number of carbonyl (C=O) groups is 5. The third-order valence-corrected chi connectivity index (χ3v) is 4.85. The van der Waals surface area contributed by atoms with Crippen molar-refractivity contribution in [1.82, 2.24) is 16.0 Å². The molecule has 0 unspecified atom stereocenters. The zero-order valence-corrected chi connectivity index (χ0v) is 19.1. The van der Waals surface area contributed by atoms with E-state index < -0.39 is 40.9 Å². The Hall–Kier alpha value is -2.95. The largest absolute Gasteiger partial charge is 0.470 e. The van der Waals surface area contributed by atoms with Gasteiger partial charge in [0.15, 0.2) is 0 Å². The van der Waals surface area contributed by atoms with Crippen LogP contribution in [-0.2, 0) is 19.1 Å². The number of halogens is 1. The number of Topliss-reactive ketones (excluding diaryl/α,β-unsaturated/α-hetero) is 1. The monoisotopic (exact) mass is 460 g/mol. The molecule has 32 heavy (non-hydrogen) atoms. The Kier molecular flexibility index (Phi) is 8.37. The van der Waals surface area contributed by atoms with Crippen LogP contribution in [0, 0.1) is 5.92 Å². The summed E-state index contributed by atoms with van der Waals surface area (Å²) >= 11 is 6.02. The lowest BCUT2D eigenvalue weighted by molar-refractivity contribution is -0.139. The molecule has 0 aromatic heterocycles. The molecule has 1 saturated heterocycles. The van der Waals surface area contributed by atoms with Crippen molar-refractivity contribution in [3.05, 3.63) is 28.8 Å². The highest BCUT2D eigenvalue weighted by molar-refractivity contribution is 6.58. The fourth-order valence-corrected chi connectivity index (χ4v) is 3.30. The fourth-order valence-electron chi connectivity index (χ4n) is 3.13. The van der Waals surface area contributed by atoms with E-state index in [1.165, 1.54) is 25.2 Å². The second-order valence-electron chi connectivity index (χ2n) is 8.30. The Balaban J connectivity index is 2.26. The summed E-state index contributed by atoms with van der Waals surface area (Å²) in [5, 5.41) is 9.33. The Bertz CT molecular complexity index is 940.